The van der Waals surface area contributed by atoms with Gasteiger partial charge in [-0.3, -0.25) is 0 Å². The average molecular weight is 268 g/mol. The van der Waals surface area contributed by atoms with Crippen LogP contribution in [-0.2, 0) is 5.54 Å². The van der Waals surface area contributed by atoms with Crippen LogP contribution in [0.25, 0.3) is 0 Å². The van der Waals surface area contributed by atoms with Crippen molar-refractivity contribution in [3.63, 3.8) is 0 Å². The zero-order chi connectivity index (χ0) is 13.2. The first-order valence-electron chi connectivity index (χ1n) is 6.00. The van der Waals surface area contributed by atoms with Crippen molar-refractivity contribution in [2.75, 3.05) is 19.7 Å². The summed E-state index contributed by atoms with van der Waals surface area (Å²) in [5.41, 5.74) is 0.745. The van der Waals surface area contributed by atoms with Crippen molar-refractivity contribution in [2.45, 2.75) is 18.9 Å². The van der Waals surface area contributed by atoms with Crippen LogP contribution in [0.15, 0.2) is 24.3 Å². The number of nitrogens with one attached hydrogen (secondary N) is 1. The Morgan fingerprint density at radius 3 is 2.72 bits per heavy atom. The lowest BCUT2D eigenvalue weighted by Crippen LogP contribution is -2.42. The second-order valence-corrected chi connectivity index (χ2v) is 5.05. The zero-order valence-corrected chi connectivity index (χ0v) is 11.1. The number of benzene rings is 1. The Bertz CT molecular complexity index is 437. The summed E-state index contributed by atoms with van der Waals surface area (Å²) >= 11 is 5.29. The smallest absolute Gasteiger partial charge is 0.169 e. The molecular weight excluding hydrogens is 251 g/mol. The summed E-state index contributed by atoms with van der Waals surface area (Å²) in [7, 11) is 0. The van der Waals surface area contributed by atoms with Crippen LogP contribution >= 0.6 is 12.2 Å². The van der Waals surface area contributed by atoms with Gasteiger partial charge in [-0.05, 0) is 43.3 Å². The first-order valence-corrected chi connectivity index (χ1v) is 6.41. The van der Waals surface area contributed by atoms with Crippen LogP contribution in [0.3, 0.4) is 0 Å². The molecule has 1 saturated heterocycles. The summed E-state index contributed by atoms with van der Waals surface area (Å²) in [6, 6.07) is 6.51. The van der Waals surface area contributed by atoms with Crippen LogP contribution in [0.1, 0.15) is 18.9 Å². The molecule has 18 heavy (non-hydrogen) atoms. The van der Waals surface area contributed by atoms with Crippen molar-refractivity contribution < 1.29 is 9.50 Å². The molecular formula is C13H17FN2OS. The summed E-state index contributed by atoms with van der Waals surface area (Å²) in [4.78, 5) is 2.06. The number of aliphatic hydroxyl groups is 1. The average Bonchev–Trinajstić information content (AvgIpc) is 2.65. The summed E-state index contributed by atoms with van der Waals surface area (Å²) in [5, 5.41) is 12.8. The number of hydrogen-bond donors (Lipinski definition) is 2. The molecule has 0 radical (unpaired) electrons. The fraction of sp³-hybridized carbons (Fsp3) is 0.462. The molecule has 2 rings (SSSR count). The molecule has 98 valence electrons. The molecule has 0 aliphatic carbocycles. The molecule has 5 heteroatoms. The number of rotatable bonds is 4. The monoisotopic (exact) mass is 268 g/mol. The molecule has 1 atom stereocenters. The van der Waals surface area contributed by atoms with Gasteiger partial charge in [0.2, 0.25) is 0 Å². The highest BCUT2D eigenvalue weighted by Gasteiger charge is 2.40. The van der Waals surface area contributed by atoms with Gasteiger partial charge in [0, 0.05) is 19.7 Å². The highest BCUT2D eigenvalue weighted by molar-refractivity contribution is 7.80. The lowest BCUT2D eigenvalue weighted by Gasteiger charge is -2.35. The Hall–Kier alpha value is -1.20. The Kier molecular flexibility index (Phi) is 3.82. The van der Waals surface area contributed by atoms with Crippen LogP contribution in [0, 0.1) is 5.82 Å². The molecule has 2 N–H and O–H groups in total. The fourth-order valence-electron chi connectivity index (χ4n) is 2.31. The van der Waals surface area contributed by atoms with Gasteiger partial charge in [-0.1, -0.05) is 12.1 Å². The molecule has 0 spiro atoms. The maximum Gasteiger partial charge on any atom is 0.169 e. The van der Waals surface area contributed by atoms with Crippen molar-refractivity contribution in [1.29, 1.82) is 0 Å². The molecule has 0 bridgehead atoms. The second-order valence-electron chi connectivity index (χ2n) is 4.67. The van der Waals surface area contributed by atoms with Crippen molar-refractivity contribution in [3.05, 3.63) is 35.6 Å². The first kappa shape index (κ1) is 13.2. The van der Waals surface area contributed by atoms with E-state index in [1.807, 2.05) is 0 Å². The summed E-state index contributed by atoms with van der Waals surface area (Å²) < 4.78 is 13.0. The van der Waals surface area contributed by atoms with Crippen LogP contribution in [0.4, 0.5) is 4.39 Å². The van der Waals surface area contributed by atoms with E-state index in [1.165, 1.54) is 12.1 Å². The minimum absolute atomic E-state index is 0.138. The molecule has 1 fully saturated rings. The maximum absolute atomic E-state index is 13.0. The third kappa shape index (κ3) is 2.33. The molecule has 0 amide bonds. The number of hydrogen-bond acceptors (Lipinski definition) is 2. The molecule has 1 unspecified atom stereocenters. The van der Waals surface area contributed by atoms with Crippen molar-refractivity contribution in [3.8, 4) is 0 Å². The molecule has 1 aliphatic heterocycles. The van der Waals surface area contributed by atoms with Crippen molar-refractivity contribution >= 4 is 17.3 Å². The van der Waals surface area contributed by atoms with Crippen molar-refractivity contribution in [2.24, 2.45) is 0 Å². The van der Waals surface area contributed by atoms with Gasteiger partial charge in [0.15, 0.2) is 5.11 Å². The Labute approximate surface area is 112 Å². The SMILES string of the molecule is CC1(c2ccc(F)cc2)CNC(=S)N1CCCO. The number of nitrogens with zero attached hydrogens (tertiary/aromatic N) is 1. The third-order valence-electron chi connectivity index (χ3n) is 3.43. The summed E-state index contributed by atoms with van der Waals surface area (Å²) in [6.45, 7) is 3.60. The van der Waals surface area contributed by atoms with Gasteiger partial charge < -0.3 is 15.3 Å². The van der Waals surface area contributed by atoms with E-state index >= 15 is 0 Å². The number of thiocarbonyl (C=S) groups is 1. The molecule has 0 saturated carbocycles. The molecule has 1 aromatic carbocycles. The van der Waals surface area contributed by atoms with E-state index in [1.54, 1.807) is 12.1 Å². The van der Waals surface area contributed by atoms with E-state index in [-0.39, 0.29) is 18.0 Å². The minimum Gasteiger partial charge on any atom is -0.396 e. The van der Waals surface area contributed by atoms with E-state index in [0.29, 0.717) is 24.6 Å². The van der Waals surface area contributed by atoms with Crippen molar-refractivity contribution in [1.82, 2.24) is 10.2 Å². The lowest BCUT2D eigenvalue weighted by molar-refractivity contribution is 0.205. The molecule has 3 nitrogen and oxygen atoms in total. The van der Waals surface area contributed by atoms with Gasteiger partial charge in [-0.2, -0.15) is 0 Å². The Morgan fingerprint density at radius 1 is 1.44 bits per heavy atom. The number of halogens is 1. The third-order valence-corrected chi connectivity index (χ3v) is 3.80. The Morgan fingerprint density at radius 2 is 2.11 bits per heavy atom. The van der Waals surface area contributed by atoms with Gasteiger partial charge >= 0.3 is 0 Å². The number of aliphatic hydroxyl groups excluding tert-OH is 1. The predicted octanol–water partition coefficient (Wildman–Crippen LogP) is 1.61. The van der Waals surface area contributed by atoms with Crippen LogP contribution in [-0.4, -0.2) is 34.8 Å². The maximum atomic E-state index is 13.0. The van der Waals surface area contributed by atoms with Gasteiger partial charge in [-0.15, -0.1) is 0 Å². The predicted molar refractivity (Wildman–Crippen MR) is 72.8 cm³/mol. The summed E-state index contributed by atoms with van der Waals surface area (Å²) in [6.07, 6.45) is 0.665. The Balaban J connectivity index is 2.27. The first-order chi connectivity index (χ1) is 8.58. The lowest BCUT2D eigenvalue weighted by atomic mass is 9.91. The van der Waals surface area contributed by atoms with Gasteiger partial charge in [-0.25, -0.2) is 4.39 Å². The molecule has 0 aromatic heterocycles. The van der Waals surface area contributed by atoms with Gasteiger partial charge in [0.25, 0.3) is 0 Å². The highest BCUT2D eigenvalue weighted by atomic mass is 32.1. The van der Waals surface area contributed by atoms with E-state index in [2.05, 4.69) is 17.1 Å². The van der Waals surface area contributed by atoms with Gasteiger partial charge in [0.05, 0.1) is 5.54 Å². The fourth-order valence-corrected chi connectivity index (χ4v) is 2.67. The quantitative estimate of drug-likeness (QED) is 0.813. The topological polar surface area (TPSA) is 35.5 Å². The zero-order valence-electron chi connectivity index (χ0n) is 10.3. The van der Waals surface area contributed by atoms with E-state index in [9.17, 15) is 4.39 Å². The van der Waals surface area contributed by atoms with Crippen LogP contribution < -0.4 is 5.32 Å². The molecule has 1 heterocycles. The van der Waals surface area contributed by atoms with Crippen LogP contribution in [0.5, 0.6) is 0 Å². The van der Waals surface area contributed by atoms with Crippen LogP contribution in [0.2, 0.25) is 0 Å². The van der Waals surface area contributed by atoms with E-state index in [4.69, 9.17) is 17.3 Å². The standard InChI is InChI=1S/C13H17FN2OS/c1-13(10-3-5-11(14)6-4-10)9-15-12(18)16(13)7-2-8-17/h3-6,17H,2,7-9H2,1H3,(H,15,18). The largest absolute Gasteiger partial charge is 0.396 e. The minimum atomic E-state index is -0.278. The van der Waals surface area contributed by atoms with Gasteiger partial charge in [0.1, 0.15) is 5.82 Å². The molecule has 1 aliphatic rings. The highest BCUT2D eigenvalue weighted by Crippen LogP contribution is 2.31. The normalized spacial score (nSPS) is 23.3. The van der Waals surface area contributed by atoms with E-state index in [0.717, 1.165) is 5.56 Å². The summed E-state index contributed by atoms with van der Waals surface area (Å²) in [5.74, 6) is -0.238. The second kappa shape index (κ2) is 5.20. The molecule has 1 aromatic rings. The van der Waals surface area contributed by atoms with E-state index < -0.39 is 0 Å².